The first kappa shape index (κ1) is 14.7. The van der Waals surface area contributed by atoms with Gasteiger partial charge in [-0.05, 0) is 27.7 Å². The van der Waals surface area contributed by atoms with Crippen molar-refractivity contribution in [2.45, 2.75) is 33.3 Å². The molecule has 0 radical (unpaired) electrons. The average Bonchev–Trinajstić information content (AvgIpc) is 2.08. The summed E-state index contributed by atoms with van der Waals surface area (Å²) in [6, 6.07) is 0. The summed E-state index contributed by atoms with van der Waals surface area (Å²) in [5.41, 5.74) is 0.293. The zero-order valence-electron chi connectivity index (χ0n) is 10.6. The predicted octanol–water partition coefficient (Wildman–Crippen LogP) is 2.92. The van der Waals surface area contributed by atoms with Gasteiger partial charge in [-0.1, -0.05) is 18.2 Å². The Hall–Kier alpha value is -1.29. The molecule has 4 heteroatoms. The molecule has 0 aromatic carbocycles. The van der Waals surface area contributed by atoms with Gasteiger partial charge < -0.3 is 4.74 Å². The highest BCUT2D eigenvalue weighted by Crippen LogP contribution is 2.10. The molecule has 16 heavy (non-hydrogen) atoms. The topological polar surface area (TPSA) is 38.8 Å². The number of carbonyl (C=O) groups is 1. The Morgan fingerprint density at radius 2 is 2.00 bits per heavy atom. The lowest BCUT2D eigenvalue weighted by molar-refractivity contribution is -0.133. The summed E-state index contributed by atoms with van der Waals surface area (Å²) in [5, 5.41) is 1.13. The van der Waals surface area contributed by atoms with Crippen molar-refractivity contribution in [1.82, 2.24) is 5.06 Å². The molecule has 4 nitrogen and oxygen atoms in total. The standard InChI is InChI=1S/C12H21NO3/c1-7-8-13(15-9-10(2)3)11(14)16-12(4,5)6/h7H,1-2,8-9H2,3-6H3. The summed E-state index contributed by atoms with van der Waals surface area (Å²) < 4.78 is 5.17. The van der Waals surface area contributed by atoms with Crippen molar-refractivity contribution in [3.8, 4) is 0 Å². The van der Waals surface area contributed by atoms with Crippen LogP contribution >= 0.6 is 0 Å². The third-order valence-corrected chi connectivity index (χ3v) is 1.36. The summed E-state index contributed by atoms with van der Waals surface area (Å²) in [6.07, 6.45) is 1.05. The molecule has 0 atom stereocenters. The van der Waals surface area contributed by atoms with Crippen LogP contribution in [0.2, 0.25) is 0 Å². The number of rotatable bonds is 5. The fraction of sp³-hybridized carbons (Fsp3) is 0.583. The highest BCUT2D eigenvalue weighted by atomic mass is 16.7. The molecule has 0 saturated carbocycles. The van der Waals surface area contributed by atoms with Gasteiger partial charge in [0.15, 0.2) is 0 Å². The number of carbonyl (C=O) groups excluding carboxylic acids is 1. The maximum atomic E-state index is 11.7. The Kier molecular flexibility index (Phi) is 5.82. The molecule has 0 unspecified atom stereocenters. The summed E-state index contributed by atoms with van der Waals surface area (Å²) in [7, 11) is 0. The third-order valence-electron chi connectivity index (χ3n) is 1.36. The highest BCUT2D eigenvalue weighted by Gasteiger charge is 2.22. The van der Waals surface area contributed by atoms with E-state index in [4.69, 9.17) is 9.57 Å². The maximum Gasteiger partial charge on any atom is 0.434 e. The Bertz CT molecular complexity index is 266. The second-order valence-corrected chi connectivity index (χ2v) is 4.56. The van der Waals surface area contributed by atoms with Crippen LogP contribution in [0.25, 0.3) is 0 Å². The Morgan fingerprint density at radius 3 is 2.38 bits per heavy atom. The molecular weight excluding hydrogens is 206 g/mol. The van der Waals surface area contributed by atoms with Gasteiger partial charge in [-0.15, -0.1) is 6.58 Å². The molecule has 0 bridgehead atoms. The summed E-state index contributed by atoms with van der Waals surface area (Å²) in [4.78, 5) is 16.9. The van der Waals surface area contributed by atoms with Crippen molar-refractivity contribution >= 4 is 6.09 Å². The van der Waals surface area contributed by atoms with Crippen molar-refractivity contribution in [3.63, 3.8) is 0 Å². The monoisotopic (exact) mass is 227 g/mol. The second-order valence-electron chi connectivity index (χ2n) is 4.56. The molecule has 0 aliphatic rings. The lowest BCUT2D eigenvalue weighted by atomic mass is 10.2. The molecule has 0 saturated heterocycles. The van der Waals surface area contributed by atoms with Gasteiger partial charge in [0.05, 0.1) is 13.2 Å². The van der Waals surface area contributed by atoms with Crippen LogP contribution in [0.5, 0.6) is 0 Å². The first-order valence-electron chi connectivity index (χ1n) is 5.15. The number of hydrogen-bond acceptors (Lipinski definition) is 3. The van der Waals surface area contributed by atoms with Gasteiger partial charge in [-0.3, -0.25) is 4.84 Å². The smallest absolute Gasteiger partial charge is 0.434 e. The molecule has 1 amide bonds. The number of ether oxygens (including phenoxy) is 1. The van der Waals surface area contributed by atoms with Crippen molar-refractivity contribution in [2.75, 3.05) is 13.2 Å². The first-order valence-corrected chi connectivity index (χ1v) is 5.15. The Morgan fingerprint density at radius 1 is 1.44 bits per heavy atom. The van der Waals surface area contributed by atoms with Crippen LogP contribution in [-0.2, 0) is 9.57 Å². The van der Waals surface area contributed by atoms with Crippen LogP contribution in [0.3, 0.4) is 0 Å². The number of amides is 1. The maximum absolute atomic E-state index is 11.7. The van der Waals surface area contributed by atoms with Gasteiger partial charge in [0.2, 0.25) is 0 Å². The zero-order chi connectivity index (χ0) is 12.8. The van der Waals surface area contributed by atoms with E-state index in [9.17, 15) is 4.79 Å². The first-order chi connectivity index (χ1) is 7.26. The lowest BCUT2D eigenvalue weighted by Crippen LogP contribution is -2.37. The van der Waals surface area contributed by atoms with E-state index in [0.29, 0.717) is 0 Å². The van der Waals surface area contributed by atoms with E-state index < -0.39 is 11.7 Å². The van der Waals surface area contributed by atoms with Gasteiger partial charge >= 0.3 is 6.09 Å². The molecule has 0 N–H and O–H groups in total. The van der Waals surface area contributed by atoms with Gasteiger partial charge in [-0.2, -0.15) is 5.06 Å². The molecule has 0 heterocycles. The summed E-state index contributed by atoms with van der Waals surface area (Å²) in [5.74, 6) is 0. The molecule has 0 aliphatic carbocycles. The predicted molar refractivity (Wildman–Crippen MR) is 63.9 cm³/mol. The van der Waals surface area contributed by atoms with Crippen LogP contribution in [0.15, 0.2) is 24.8 Å². The van der Waals surface area contributed by atoms with Crippen LogP contribution in [0, 0.1) is 0 Å². The van der Waals surface area contributed by atoms with E-state index in [-0.39, 0.29) is 13.2 Å². The van der Waals surface area contributed by atoms with E-state index in [0.717, 1.165) is 10.6 Å². The molecule has 0 aliphatic heterocycles. The van der Waals surface area contributed by atoms with Crippen molar-refractivity contribution in [1.29, 1.82) is 0 Å². The van der Waals surface area contributed by atoms with E-state index >= 15 is 0 Å². The lowest BCUT2D eigenvalue weighted by Gasteiger charge is -2.25. The minimum Gasteiger partial charge on any atom is -0.442 e. The number of hydroxylamine groups is 2. The largest absolute Gasteiger partial charge is 0.442 e. The summed E-state index contributed by atoms with van der Waals surface area (Å²) in [6.45, 7) is 15.0. The van der Waals surface area contributed by atoms with E-state index in [1.54, 1.807) is 26.8 Å². The molecule has 0 fully saturated rings. The van der Waals surface area contributed by atoms with E-state index in [2.05, 4.69) is 13.2 Å². The van der Waals surface area contributed by atoms with Crippen molar-refractivity contribution in [3.05, 3.63) is 24.8 Å². The molecule has 0 rings (SSSR count). The third kappa shape index (κ3) is 7.06. The van der Waals surface area contributed by atoms with Gasteiger partial charge in [-0.25, -0.2) is 4.79 Å². The fourth-order valence-corrected chi connectivity index (χ4v) is 0.798. The quantitative estimate of drug-likeness (QED) is 0.535. The molecule has 92 valence electrons. The second kappa shape index (κ2) is 6.33. The van der Waals surface area contributed by atoms with Crippen LogP contribution in [0.4, 0.5) is 4.79 Å². The average molecular weight is 227 g/mol. The minimum atomic E-state index is -0.539. The SMILES string of the molecule is C=CCN(OCC(=C)C)C(=O)OC(C)(C)C. The van der Waals surface area contributed by atoms with Gasteiger partial charge in [0.25, 0.3) is 0 Å². The van der Waals surface area contributed by atoms with Crippen molar-refractivity contribution in [2.24, 2.45) is 0 Å². The van der Waals surface area contributed by atoms with Crippen molar-refractivity contribution < 1.29 is 14.4 Å². The van der Waals surface area contributed by atoms with Gasteiger partial charge in [0, 0.05) is 0 Å². The fourth-order valence-electron chi connectivity index (χ4n) is 0.798. The van der Waals surface area contributed by atoms with E-state index in [1.165, 1.54) is 0 Å². The highest BCUT2D eigenvalue weighted by molar-refractivity contribution is 5.67. The normalized spacial score (nSPS) is 10.8. The van der Waals surface area contributed by atoms with Crippen LogP contribution in [-0.4, -0.2) is 29.9 Å². The number of nitrogens with zero attached hydrogens (tertiary/aromatic N) is 1. The molecule has 0 aromatic rings. The van der Waals surface area contributed by atoms with Crippen LogP contribution in [0.1, 0.15) is 27.7 Å². The molecule has 0 aromatic heterocycles. The molecule has 0 spiro atoms. The van der Waals surface area contributed by atoms with E-state index in [1.807, 2.05) is 6.92 Å². The minimum absolute atomic E-state index is 0.280. The number of hydrogen-bond donors (Lipinski definition) is 0. The molecular formula is C12H21NO3. The van der Waals surface area contributed by atoms with Crippen LogP contribution < -0.4 is 0 Å². The van der Waals surface area contributed by atoms with Gasteiger partial charge in [0.1, 0.15) is 5.60 Å². The summed E-state index contributed by atoms with van der Waals surface area (Å²) >= 11 is 0. The Balaban J connectivity index is 4.34. The Labute approximate surface area is 97.5 Å². The zero-order valence-corrected chi connectivity index (χ0v) is 10.6.